The van der Waals surface area contributed by atoms with E-state index >= 15 is 0 Å². The number of carboxylic acids is 1. The first-order valence-electron chi connectivity index (χ1n) is 8.95. The molecule has 0 atom stereocenters. The van der Waals surface area contributed by atoms with Crippen LogP contribution in [0.25, 0.3) is 0 Å². The minimum absolute atomic E-state index is 0.0641. The molecule has 0 radical (unpaired) electrons. The normalized spacial score (nSPS) is 39.2. The molecule has 0 aliphatic heterocycles. The summed E-state index contributed by atoms with van der Waals surface area (Å²) in [6.45, 7) is 3.42. The highest BCUT2D eigenvalue weighted by Gasteiger charge is 2.56. The number of halogens is 3. The van der Waals surface area contributed by atoms with E-state index in [0.717, 1.165) is 25.7 Å². The molecule has 0 unspecified atom stereocenters. The standard InChI is InChI=1S/C18H29F3O2/c1-3-4-13-5-11-17(12-6-13,15(22)23)14-7-9-16(2,10-8-14)18(19,20)21/h13-14H,3-12H2,1-2H3,(H,22,23). The fourth-order valence-corrected chi connectivity index (χ4v) is 4.78. The topological polar surface area (TPSA) is 37.3 Å². The predicted molar refractivity (Wildman–Crippen MR) is 83.1 cm³/mol. The highest BCUT2D eigenvalue weighted by Crippen LogP contribution is 2.56. The smallest absolute Gasteiger partial charge is 0.394 e. The fourth-order valence-electron chi connectivity index (χ4n) is 4.78. The van der Waals surface area contributed by atoms with Crippen molar-refractivity contribution in [3.8, 4) is 0 Å². The monoisotopic (exact) mass is 334 g/mol. The predicted octanol–water partition coefficient (Wildman–Crippen LogP) is 5.81. The van der Waals surface area contributed by atoms with Crippen molar-refractivity contribution < 1.29 is 23.1 Å². The Kier molecular flexibility index (Phi) is 5.37. The molecule has 0 heterocycles. The third kappa shape index (κ3) is 3.53. The molecule has 0 saturated heterocycles. The summed E-state index contributed by atoms with van der Waals surface area (Å²) in [4.78, 5) is 12.0. The minimum atomic E-state index is -4.19. The van der Waals surface area contributed by atoms with Gasteiger partial charge in [0.2, 0.25) is 0 Å². The molecule has 0 spiro atoms. The minimum Gasteiger partial charge on any atom is -0.481 e. The van der Waals surface area contributed by atoms with Crippen LogP contribution in [0.5, 0.6) is 0 Å². The molecule has 0 aromatic heterocycles. The van der Waals surface area contributed by atoms with Crippen molar-refractivity contribution in [3.63, 3.8) is 0 Å². The summed E-state index contributed by atoms with van der Waals surface area (Å²) >= 11 is 0. The second kappa shape index (κ2) is 6.64. The van der Waals surface area contributed by atoms with Crippen LogP contribution in [0.15, 0.2) is 0 Å². The summed E-state index contributed by atoms with van der Waals surface area (Å²) in [5.41, 5.74) is -2.42. The molecule has 0 aromatic carbocycles. The van der Waals surface area contributed by atoms with Gasteiger partial charge in [-0.1, -0.05) is 26.7 Å². The molecule has 2 nitrogen and oxygen atoms in total. The van der Waals surface area contributed by atoms with Crippen LogP contribution >= 0.6 is 0 Å². The first-order chi connectivity index (χ1) is 10.6. The van der Waals surface area contributed by atoms with Crippen molar-refractivity contribution in [2.24, 2.45) is 22.7 Å². The number of aliphatic carboxylic acids is 1. The molecule has 5 heteroatoms. The van der Waals surface area contributed by atoms with Crippen molar-refractivity contribution in [2.45, 2.75) is 84.2 Å². The lowest BCUT2D eigenvalue weighted by Crippen LogP contribution is -2.47. The van der Waals surface area contributed by atoms with Gasteiger partial charge in [-0.05, 0) is 63.2 Å². The van der Waals surface area contributed by atoms with Crippen LogP contribution in [0.3, 0.4) is 0 Å². The molecule has 134 valence electrons. The van der Waals surface area contributed by atoms with E-state index < -0.39 is 23.0 Å². The van der Waals surface area contributed by atoms with E-state index in [1.165, 1.54) is 6.92 Å². The Bertz CT molecular complexity index is 414. The third-order valence-corrected chi connectivity index (χ3v) is 6.68. The zero-order valence-corrected chi connectivity index (χ0v) is 14.2. The van der Waals surface area contributed by atoms with E-state index in [4.69, 9.17) is 0 Å². The maximum atomic E-state index is 13.2. The van der Waals surface area contributed by atoms with Crippen molar-refractivity contribution in [1.29, 1.82) is 0 Å². The lowest BCUT2D eigenvalue weighted by Gasteiger charge is -2.47. The Morgan fingerprint density at radius 3 is 2.00 bits per heavy atom. The molecule has 1 N–H and O–H groups in total. The largest absolute Gasteiger partial charge is 0.481 e. The Balaban J connectivity index is 2.06. The molecule has 23 heavy (non-hydrogen) atoms. The summed E-state index contributed by atoms with van der Waals surface area (Å²) in [5.74, 6) is -0.289. The zero-order valence-electron chi connectivity index (χ0n) is 14.2. The summed E-state index contributed by atoms with van der Waals surface area (Å²) in [6.07, 6.45) is 2.06. The molecule has 2 fully saturated rings. The van der Waals surface area contributed by atoms with Crippen LogP contribution in [0.1, 0.15) is 78.1 Å². The molecule has 2 rings (SSSR count). The molecular formula is C18H29F3O2. The summed E-state index contributed by atoms with van der Waals surface area (Å²) < 4.78 is 39.5. The number of alkyl halides is 3. The zero-order chi connectivity index (χ0) is 17.3. The highest BCUT2D eigenvalue weighted by molar-refractivity contribution is 5.75. The van der Waals surface area contributed by atoms with Gasteiger partial charge in [0.15, 0.2) is 0 Å². The van der Waals surface area contributed by atoms with E-state index in [-0.39, 0.29) is 18.8 Å². The van der Waals surface area contributed by atoms with Crippen LogP contribution in [-0.2, 0) is 4.79 Å². The van der Waals surface area contributed by atoms with E-state index in [0.29, 0.717) is 31.6 Å². The van der Waals surface area contributed by atoms with Gasteiger partial charge in [0, 0.05) is 0 Å². The van der Waals surface area contributed by atoms with E-state index in [2.05, 4.69) is 6.92 Å². The van der Waals surface area contributed by atoms with Crippen LogP contribution in [-0.4, -0.2) is 17.3 Å². The third-order valence-electron chi connectivity index (χ3n) is 6.68. The molecule has 2 saturated carbocycles. The lowest BCUT2D eigenvalue weighted by molar-refractivity contribution is -0.233. The Hall–Kier alpha value is -0.740. The Morgan fingerprint density at radius 1 is 1.09 bits per heavy atom. The number of hydrogen-bond acceptors (Lipinski definition) is 1. The second-order valence-electron chi connectivity index (χ2n) is 8.03. The molecule has 0 bridgehead atoms. The molecule has 2 aliphatic carbocycles. The maximum Gasteiger partial charge on any atom is 0.394 e. The number of carbonyl (C=O) groups is 1. The molecule has 0 aromatic rings. The SMILES string of the molecule is CCCC1CCC(C(=O)O)(C2CCC(C)(C(F)(F)F)CC2)CC1. The van der Waals surface area contributed by atoms with E-state index in [1.54, 1.807) is 0 Å². The van der Waals surface area contributed by atoms with Gasteiger partial charge in [0.25, 0.3) is 0 Å². The fraction of sp³-hybridized carbons (Fsp3) is 0.944. The van der Waals surface area contributed by atoms with Crippen molar-refractivity contribution >= 4 is 5.97 Å². The second-order valence-corrected chi connectivity index (χ2v) is 8.03. The van der Waals surface area contributed by atoms with Crippen LogP contribution in [0.4, 0.5) is 13.2 Å². The summed E-state index contributed by atoms with van der Waals surface area (Å²) in [5, 5.41) is 9.82. The van der Waals surface area contributed by atoms with Crippen molar-refractivity contribution in [3.05, 3.63) is 0 Å². The quantitative estimate of drug-likeness (QED) is 0.705. The maximum absolute atomic E-state index is 13.2. The summed E-state index contributed by atoms with van der Waals surface area (Å²) in [6, 6.07) is 0. The van der Waals surface area contributed by atoms with Gasteiger partial charge in [0.1, 0.15) is 0 Å². The average Bonchev–Trinajstić information content (AvgIpc) is 2.48. The van der Waals surface area contributed by atoms with Crippen molar-refractivity contribution in [1.82, 2.24) is 0 Å². The van der Waals surface area contributed by atoms with Crippen molar-refractivity contribution in [2.75, 3.05) is 0 Å². The van der Waals surface area contributed by atoms with Gasteiger partial charge in [-0.15, -0.1) is 0 Å². The Morgan fingerprint density at radius 2 is 1.61 bits per heavy atom. The van der Waals surface area contributed by atoms with Crippen LogP contribution < -0.4 is 0 Å². The first-order valence-corrected chi connectivity index (χ1v) is 8.95. The average molecular weight is 334 g/mol. The lowest BCUT2D eigenvalue weighted by atomic mass is 9.57. The number of carboxylic acid groups (broad SMARTS) is 1. The van der Waals surface area contributed by atoms with Crippen LogP contribution in [0.2, 0.25) is 0 Å². The first kappa shape index (κ1) is 18.6. The number of hydrogen-bond donors (Lipinski definition) is 1. The molecule has 0 amide bonds. The van der Waals surface area contributed by atoms with Gasteiger partial charge in [-0.3, -0.25) is 4.79 Å². The van der Waals surface area contributed by atoms with E-state index in [9.17, 15) is 23.1 Å². The Labute approximate surface area is 136 Å². The van der Waals surface area contributed by atoms with Gasteiger partial charge in [-0.2, -0.15) is 13.2 Å². The van der Waals surface area contributed by atoms with Gasteiger partial charge in [-0.25, -0.2) is 0 Å². The highest BCUT2D eigenvalue weighted by atomic mass is 19.4. The van der Waals surface area contributed by atoms with E-state index in [1.807, 2.05) is 0 Å². The van der Waals surface area contributed by atoms with Gasteiger partial charge < -0.3 is 5.11 Å². The number of rotatable bonds is 4. The van der Waals surface area contributed by atoms with Gasteiger partial charge >= 0.3 is 12.1 Å². The van der Waals surface area contributed by atoms with Gasteiger partial charge in [0.05, 0.1) is 10.8 Å². The summed E-state index contributed by atoms with van der Waals surface area (Å²) in [7, 11) is 0. The molecular weight excluding hydrogens is 305 g/mol. The molecule has 2 aliphatic rings. The van der Waals surface area contributed by atoms with Crippen LogP contribution in [0, 0.1) is 22.7 Å².